The maximum Gasteiger partial charge on any atom is 0.417 e. The number of piperazine rings is 1. The van der Waals surface area contributed by atoms with Gasteiger partial charge in [-0.1, -0.05) is 11.6 Å². The predicted octanol–water partition coefficient (Wildman–Crippen LogP) is 3.90. The summed E-state index contributed by atoms with van der Waals surface area (Å²) in [5.41, 5.74) is -0.556. The van der Waals surface area contributed by atoms with Crippen LogP contribution < -0.4 is 4.90 Å². The molecule has 11 heteroatoms. The van der Waals surface area contributed by atoms with Gasteiger partial charge in [-0.25, -0.2) is 13.4 Å². The van der Waals surface area contributed by atoms with Crippen molar-refractivity contribution in [3.05, 3.63) is 52.7 Å². The number of carbonyl (C=O) groups excluding carboxylic acids is 1. The third-order valence-corrected chi connectivity index (χ3v) is 7.51. The molecule has 0 bridgehead atoms. The molecule has 3 rings (SSSR count). The van der Waals surface area contributed by atoms with Crippen LogP contribution in [0.2, 0.25) is 5.02 Å². The van der Waals surface area contributed by atoms with Crippen molar-refractivity contribution in [2.45, 2.75) is 30.2 Å². The van der Waals surface area contributed by atoms with Crippen LogP contribution in [0, 0.1) is 0 Å². The second kappa shape index (κ2) is 8.66. The minimum absolute atomic E-state index is 0.100. The van der Waals surface area contributed by atoms with Gasteiger partial charge in [0.25, 0.3) is 5.91 Å². The Hall–Kier alpha value is -2.33. The van der Waals surface area contributed by atoms with Crippen LogP contribution in [0.15, 0.2) is 41.4 Å². The molecule has 168 valence electrons. The molecule has 0 spiro atoms. The Bertz CT molecular complexity index is 1070. The molecule has 1 saturated heterocycles. The van der Waals surface area contributed by atoms with Crippen molar-refractivity contribution in [1.29, 1.82) is 0 Å². The van der Waals surface area contributed by atoms with Crippen LogP contribution in [0.1, 0.15) is 29.8 Å². The monoisotopic (exact) mass is 475 g/mol. The van der Waals surface area contributed by atoms with Crippen LogP contribution in [-0.2, 0) is 16.0 Å². The summed E-state index contributed by atoms with van der Waals surface area (Å²) >= 11 is 6.00. The molecule has 31 heavy (non-hydrogen) atoms. The van der Waals surface area contributed by atoms with Gasteiger partial charge in [0, 0.05) is 37.9 Å². The van der Waals surface area contributed by atoms with E-state index in [1.807, 2.05) is 0 Å². The van der Waals surface area contributed by atoms with E-state index in [1.54, 1.807) is 23.6 Å². The molecular weight excluding hydrogens is 455 g/mol. The van der Waals surface area contributed by atoms with Crippen LogP contribution in [-0.4, -0.2) is 55.6 Å². The molecule has 1 amide bonds. The van der Waals surface area contributed by atoms with E-state index < -0.39 is 26.8 Å². The van der Waals surface area contributed by atoms with E-state index >= 15 is 0 Å². The Morgan fingerprint density at radius 3 is 2.16 bits per heavy atom. The third kappa shape index (κ3) is 4.95. The number of rotatable bonds is 4. The van der Waals surface area contributed by atoms with E-state index in [-0.39, 0.29) is 21.6 Å². The van der Waals surface area contributed by atoms with Gasteiger partial charge in [0.1, 0.15) is 5.82 Å². The van der Waals surface area contributed by atoms with Gasteiger partial charge in [0.2, 0.25) is 0 Å². The topological polar surface area (TPSA) is 70.6 Å². The molecule has 0 atom stereocenters. The maximum atomic E-state index is 12.8. The molecule has 1 aromatic carbocycles. The normalized spacial score (nSPS) is 15.5. The van der Waals surface area contributed by atoms with Gasteiger partial charge >= 0.3 is 6.18 Å². The Kier molecular flexibility index (Phi) is 6.52. The van der Waals surface area contributed by atoms with Crippen LogP contribution in [0.3, 0.4) is 0 Å². The van der Waals surface area contributed by atoms with Crippen molar-refractivity contribution in [2.24, 2.45) is 0 Å². The first kappa shape index (κ1) is 23.3. The van der Waals surface area contributed by atoms with Gasteiger partial charge in [-0.15, -0.1) is 0 Å². The molecule has 0 unspecified atom stereocenters. The molecule has 1 aliphatic heterocycles. The lowest BCUT2D eigenvalue weighted by molar-refractivity contribution is -0.137. The van der Waals surface area contributed by atoms with E-state index in [2.05, 4.69) is 4.98 Å². The highest BCUT2D eigenvalue weighted by atomic mass is 35.5. The largest absolute Gasteiger partial charge is 0.417 e. The number of alkyl halides is 3. The van der Waals surface area contributed by atoms with Crippen molar-refractivity contribution in [2.75, 3.05) is 31.1 Å². The highest BCUT2D eigenvalue weighted by Crippen LogP contribution is 2.33. The Labute approximate surface area is 183 Å². The first-order valence-electron chi connectivity index (χ1n) is 9.52. The fourth-order valence-electron chi connectivity index (χ4n) is 3.18. The Balaban J connectivity index is 1.66. The van der Waals surface area contributed by atoms with Crippen molar-refractivity contribution >= 4 is 33.2 Å². The van der Waals surface area contributed by atoms with E-state index in [4.69, 9.17) is 11.6 Å². The average Bonchev–Trinajstić information content (AvgIpc) is 2.72. The maximum absolute atomic E-state index is 12.8. The zero-order valence-corrected chi connectivity index (χ0v) is 18.4. The molecule has 2 aromatic rings. The van der Waals surface area contributed by atoms with Gasteiger partial charge in [0.15, 0.2) is 9.84 Å². The van der Waals surface area contributed by atoms with E-state index in [1.165, 1.54) is 24.3 Å². The second-order valence-corrected chi connectivity index (χ2v) is 10.3. The smallest absolute Gasteiger partial charge is 0.352 e. The predicted molar refractivity (Wildman–Crippen MR) is 111 cm³/mol. The number of anilines is 1. The lowest BCUT2D eigenvalue weighted by Crippen LogP contribution is -2.49. The fraction of sp³-hybridized carbons (Fsp3) is 0.400. The van der Waals surface area contributed by atoms with Crippen LogP contribution >= 0.6 is 11.6 Å². The van der Waals surface area contributed by atoms with Gasteiger partial charge in [0.05, 0.1) is 20.7 Å². The molecule has 2 heterocycles. The van der Waals surface area contributed by atoms with Crippen LogP contribution in [0.5, 0.6) is 0 Å². The van der Waals surface area contributed by atoms with Crippen molar-refractivity contribution in [3.8, 4) is 0 Å². The Morgan fingerprint density at radius 2 is 1.68 bits per heavy atom. The molecule has 1 aromatic heterocycles. The number of sulfone groups is 1. The summed E-state index contributed by atoms with van der Waals surface area (Å²) in [7, 11) is -3.42. The lowest BCUT2D eigenvalue weighted by Gasteiger charge is -2.35. The van der Waals surface area contributed by atoms with Crippen molar-refractivity contribution in [1.82, 2.24) is 9.88 Å². The summed E-state index contributed by atoms with van der Waals surface area (Å²) in [5.74, 6) is -0.00960. The third-order valence-electron chi connectivity index (χ3n) is 5.07. The van der Waals surface area contributed by atoms with Crippen molar-refractivity contribution < 1.29 is 26.4 Å². The number of aromatic nitrogens is 1. The minimum atomic E-state index is -4.52. The SMILES string of the molecule is CC(C)S(=O)(=O)c1ccc(C(=O)N2CCN(c3ncc(C(F)(F)F)cc3Cl)CC2)cc1. The summed E-state index contributed by atoms with van der Waals surface area (Å²) in [6.45, 7) is 4.53. The highest BCUT2D eigenvalue weighted by molar-refractivity contribution is 7.92. The number of nitrogens with zero attached hydrogens (tertiary/aromatic N) is 3. The number of hydrogen-bond acceptors (Lipinski definition) is 5. The standard InChI is InChI=1S/C20H21ClF3N3O3S/c1-13(2)31(29,30)16-5-3-14(4-6-16)19(28)27-9-7-26(8-10-27)18-17(21)11-15(12-25-18)20(22,23)24/h3-6,11-13H,7-10H2,1-2H3. The van der Waals surface area contributed by atoms with E-state index in [0.717, 1.165) is 12.3 Å². The second-order valence-electron chi connectivity index (χ2n) is 7.42. The number of carbonyl (C=O) groups is 1. The molecule has 0 N–H and O–H groups in total. The van der Waals surface area contributed by atoms with Gasteiger partial charge in [-0.2, -0.15) is 13.2 Å². The Morgan fingerprint density at radius 1 is 1.10 bits per heavy atom. The average molecular weight is 476 g/mol. The van der Waals surface area contributed by atoms with E-state index in [9.17, 15) is 26.4 Å². The summed E-state index contributed by atoms with van der Waals surface area (Å²) in [6.07, 6.45) is -3.78. The molecule has 1 aliphatic rings. The first-order valence-corrected chi connectivity index (χ1v) is 11.4. The van der Waals surface area contributed by atoms with Crippen LogP contribution in [0.25, 0.3) is 0 Å². The molecule has 6 nitrogen and oxygen atoms in total. The van der Waals surface area contributed by atoms with Gasteiger partial charge < -0.3 is 9.80 Å². The molecule has 1 fully saturated rings. The number of halogens is 4. The molecular formula is C20H21ClF3N3O3S. The molecule has 0 saturated carbocycles. The quantitative estimate of drug-likeness (QED) is 0.670. The summed E-state index contributed by atoms with van der Waals surface area (Å²) in [4.78, 5) is 20.1. The fourth-order valence-corrected chi connectivity index (χ4v) is 4.53. The number of hydrogen-bond donors (Lipinski definition) is 0. The first-order chi connectivity index (χ1) is 14.4. The summed E-state index contributed by atoms with van der Waals surface area (Å²) in [6, 6.07) is 6.65. The van der Waals surface area contributed by atoms with Crippen LogP contribution in [0.4, 0.5) is 19.0 Å². The number of pyridine rings is 1. The number of benzene rings is 1. The van der Waals surface area contributed by atoms with Gasteiger partial charge in [-0.3, -0.25) is 4.79 Å². The highest BCUT2D eigenvalue weighted by Gasteiger charge is 2.32. The summed E-state index contributed by atoms with van der Waals surface area (Å²) in [5, 5.41) is -0.663. The van der Waals surface area contributed by atoms with E-state index in [0.29, 0.717) is 31.7 Å². The summed E-state index contributed by atoms with van der Waals surface area (Å²) < 4.78 is 62.8. The zero-order chi connectivity index (χ0) is 23.0. The molecule has 0 aliphatic carbocycles. The van der Waals surface area contributed by atoms with Crippen molar-refractivity contribution in [3.63, 3.8) is 0 Å². The van der Waals surface area contributed by atoms with Gasteiger partial charge in [-0.05, 0) is 44.2 Å². The zero-order valence-electron chi connectivity index (χ0n) is 16.9. The molecule has 0 radical (unpaired) electrons. The number of amides is 1. The minimum Gasteiger partial charge on any atom is -0.352 e. The lowest BCUT2D eigenvalue weighted by atomic mass is 10.2.